The van der Waals surface area contributed by atoms with Gasteiger partial charge in [0.15, 0.2) is 11.5 Å². The van der Waals surface area contributed by atoms with Crippen LogP contribution >= 0.6 is 0 Å². The zero-order chi connectivity index (χ0) is 22.5. The van der Waals surface area contributed by atoms with E-state index in [0.717, 1.165) is 4.90 Å². The molecule has 0 unspecified atom stereocenters. The van der Waals surface area contributed by atoms with E-state index in [9.17, 15) is 18.8 Å². The van der Waals surface area contributed by atoms with E-state index in [4.69, 9.17) is 9.47 Å². The Morgan fingerprint density at radius 2 is 1.74 bits per heavy atom. The van der Waals surface area contributed by atoms with Gasteiger partial charge in [0.2, 0.25) is 5.91 Å². The minimum Gasteiger partial charge on any atom is -0.493 e. The van der Waals surface area contributed by atoms with Gasteiger partial charge >= 0.3 is 6.03 Å². The van der Waals surface area contributed by atoms with Crippen LogP contribution in [0, 0.1) is 5.82 Å². The Labute approximate surface area is 179 Å². The fourth-order valence-corrected chi connectivity index (χ4v) is 3.46. The second kappa shape index (κ2) is 9.46. The van der Waals surface area contributed by atoms with E-state index in [1.807, 2.05) is 0 Å². The highest BCUT2D eigenvalue weighted by atomic mass is 19.1. The highest BCUT2D eigenvalue weighted by molar-refractivity contribution is 6.22. The van der Waals surface area contributed by atoms with Crippen molar-refractivity contribution in [2.45, 2.75) is 25.9 Å². The van der Waals surface area contributed by atoms with Gasteiger partial charge in [0.1, 0.15) is 11.9 Å². The number of methoxy groups -OCH3 is 2. The molecule has 1 atom stereocenters. The van der Waals surface area contributed by atoms with Crippen molar-refractivity contribution >= 4 is 23.5 Å². The topological polar surface area (TPSA) is 88.2 Å². The van der Waals surface area contributed by atoms with Crippen molar-refractivity contribution in [1.82, 2.24) is 10.2 Å². The lowest BCUT2D eigenvalue weighted by Crippen LogP contribution is -2.39. The number of hydrogen-bond donors (Lipinski definition) is 1. The van der Waals surface area contributed by atoms with Crippen LogP contribution in [0.1, 0.15) is 18.9 Å². The summed E-state index contributed by atoms with van der Waals surface area (Å²) < 4.78 is 23.9. The monoisotopic (exact) mass is 429 g/mol. The first-order valence-corrected chi connectivity index (χ1v) is 9.77. The van der Waals surface area contributed by atoms with Crippen LogP contribution in [-0.2, 0) is 16.1 Å². The summed E-state index contributed by atoms with van der Waals surface area (Å²) in [6, 6.07) is 8.65. The number of carbonyl (C=O) groups excluding carboxylic acids is 3. The zero-order valence-electron chi connectivity index (χ0n) is 17.6. The highest BCUT2D eigenvalue weighted by Crippen LogP contribution is 2.31. The molecule has 0 saturated carbocycles. The number of imide groups is 1. The van der Waals surface area contributed by atoms with Gasteiger partial charge in [0.25, 0.3) is 5.91 Å². The van der Waals surface area contributed by atoms with Gasteiger partial charge in [0.05, 0.1) is 26.3 Å². The van der Waals surface area contributed by atoms with Crippen LogP contribution in [0.3, 0.4) is 0 Å². The minimum atomic E-state index is -0.989. The number of nitrogens with zero attached hydrogens (tertiary/aromatic N) is 2. The third kappa shape index (κ3) is 4.60. The summed E-state index contributed by atoms with van der Waals surface area (Å²) >= 11 is 0. The molecule has 9 heteroatoms. The Hall–Kier alpha value is -3.62. The van der Waals surface area contributed by atoms with Gasteiger partial charge < -0.3 is 19.7 Å². The molecule has 1 aliphatic rings. The fourth-order valence-electron chi connectivity index (χ4n) is 3.46. The summed E-state index contributed by atoms with van der Waals surface area (Å²) in [6.07, 6.45) is -0.177. The smallest absolute Gasteiger partial charge is 0.332 e. The van der Waals surface area contributed by atoms with Gasteiger partial charge in [-0.1, -0.05) is 6.07 Å². The quantitative estimate of drug-likeness (QED) is 0.652. The summed E-state index contributed by atoms with van der Waals surface area (Å²) in [6.45, 7) is 2.25. The molecular weight excluding hydrogens is 405 g/mol. The van der Waals surface area contributed by atoms with Crippen molar-refractivity contribution in [3.63, 3.8) is 0 Å². The minimum absolute atomic E-state index is 0.0761. The highest BCUT2D eigenvalue weighted by Gasteiger charge is 2.46. The second-order valence-corrected chi connectivity index (χ2v) is 6.92. The Bertz CT molecular complexity index is 980. The summed E-state index contributed by atoms with van der Waals surface area (Å²) in [5.74, 6) is -0.352. The molecule has 1 saturated heterocycles. The molecule has 0 aliphatic carbocycles. The Morgan fingerprint density at radius 1 is 1.06 bits per heavy atom. The summed E-state index contributed by atoms with van der Waals surface area (Å²) in [4.78, 5) is 40.8. The molecule has 0 radical (unpaired) electrons. The van der Waals surface area contributed by atoms with Crippen LogP contribution in [0.5, 0.6) is 11.5 Å². The second-order valence-electron chi connectivity index (χ2n) is 6.92. The van der Waals surface area contributed by atoms with Gasteiger partial charge in [-0.15, -0.1) is 0 Å². The third-order valence-corrected chi connectivity index (χ3v) is 4.96. The molecular formula is C22H24FN3O5. The van der Waals surface area contributed by atoms with Crippen molar-refractivity contribution in [2.75, 3.05) is 25.7 Å². The first-order chi connectivity index (χ1) is 14.9. The molecule has 2 aromatic carbocycles. The van der Waals surface area contributed by atoms with E-state index in [1.165, 1.54) is 43.4 Å². The number of urea groups is 1. The average Bonchev–Trinajstić information content (AvgIpc) is 2.98. The maximum atomic E-state index is 13.3. The van der Waals surface area contributed by atoms with Crippen LogP contribution in [0.25, 0.3) is 0 Å². The lowest BCUT2D eigenvalue weighted by molar-refractivity contribution is -0.127. The normalized spacial score (nSPS) is 15.9. The van der Waals surface area contributed by atoms with Gasteiger partial charge in [-0.3, -0.25) is 9.59 Å². The molecule has 0 aromatic heterocycles. The van der Waals surface area contributed by atoms with Crippen LogP contribution in [0.2, 0.25) is 0 Å². The van der Waals surface area contributed by atoms with Crippen LogP contribution in [0.4, 0.5) is 14.9 Å². The van der Waals surface area contributed by atoms with Gasteiger partial charge in [-0.05, 0) is 48.9 Å². The van der Waals surface area contributed by atoms with Crippen molar-refractivity contribution in [3.05, 3.63) is 53.8 Å². The number of hydrogen-bond acceptors (Lipinski definition) is 5. The predicted molar refractivity (Wildman–Crippen MR) is 111 cm³/mol. The van der Waals surface area contributed by atoms with Crippen molar-refractivity contribution < 1.29 is 28.2 Å². The standard InChI is InChI=1S/C22H24FN3O5/c1-4-24-20(27)12-17-21(28)26(16-8-6-15(23)7-9-16)22(29)25(17)13-14-5-10-18(30-2)19(11-14)31-3/h5-11,17H,4,12-13H2,1-3H3,(H,24,27)/t17-/m1/s1. The molecule has 4 amide bonds. The Morgan fingerprint density at radius 3 is 2.35 bits per heavy atom. The summed E-state index contributed by atoms with van der Waals surface area (Å²) in [5, 5.41) is 2.65. The van der Waals surface area contributed by atoms with Crippen molar-refractivity contribution in [3.8, 4) is 11.5 Å². The maximum absolute atomic E-state index is 13.3. The van der Waals surface area contributed by atoms with Crippen LogP contribution < -0.4 is 19.7 Å². The number of halogens is 1. The van der Waals surface area contributed by atoms with E-state index in [1.54, 1.807) is 25.1 Å². The molecule has 8 nitrogen and oxygen atoms in total. The Kier molecular flexibility index (Phi) is 6.74. The molecule has 2 aromatic rings. The number of amides is 4. The lowest BCUT2D eigenvalue weighted by atomic mass is 10.1. The molecule has 164 valence electrons. The van der Waals surface area contributed by atoms with E-state index >= 15 is 0 Å². The van der Waals surface area contributed by atoms with Crippen LogP contribution in [-0.4, -0.2) is 49.6 Å². The SMILES string of the molecule is CCNC(=O)C[C@@H]1C(=O)N(c2ccc(F)cc2)C(=O)N1Cc1ccc(OC)c(OC)c1. The molecule has 0 spiro atoms. The molecule has 31 heavy (non-hydrogen) atoms. The number of anilines is 1. The number of carbonyl (C=O) groups is 3. The molecule has 3 rings (SSSR count). The molecule has 1 fully saturated rings. The van der Waals surface area contributed by atoms with Gasteiger partial charge in [-0.25, -0.2) is 14.1 Å². The molecule has 1 heterocycles. The molecule has 0 bridgehead atoms. The van der Waals surface area contributed by atoms with E-state index < -0.39 is 23.8 Å². The van der Waals surface area contributed by atoms with E-state index in [-0.39, 0.29) is 24.6 Å². The van der Waals surface area contributed by atoms with Crippen molar-refractivity contribution in [2.24, 2.45) is 0 Å². The zero-order valence-corrected chi connectivity index (χ0v) is 17.6. The number of benzene rings is 2. The third-order valence-electron chi connectivity index (χ3n) is 4.96. The Balaban J connectivity index is 1.94. The lowest BCUT2D eigenvalue weighted by Gasteiger charge is -2.22. The molecule has 1 N–H and O–H groups in total. The maximum Gasteiger partial charge on any atom is 0.332 e. The number of nitrogens with one attached hydrogen (secondary N) is 1. The first kappa shape index (κ1) is 22.1. The first-order valence-electron chi connectivity index (χ1n) is 9.77. The number of ether oxygens (including phenoxy) is 2. The summed E-state index contributed by atoms with van der Waals surface area (Å²) in [7, 11) is 3.02. The molecule has 1 aliphatic heterocycles. The van der Waals surface area contributed by atoms with Gasteiger partial charge in [-0.2, -0.15) is 0 Å². The van der Waals surface area contributed by atoms with Gasteiger partial charge in [0, 0.05) is 13.1 Å². The predicted octanol–water partition coefficient (Wildman–Crippen LogP) is 2.71. The largest absolute Gasteiger partial charge is 0.493 e. The fraction of sp³-hybridized carbons (Fsp3) is 0.318. The summed E-state index contributed by atoms with van der Waals surface area (Å²) in [5.41, 5.74) is 0.938. The van der Waals surface area contributed by atoms with E-state index in [0.29, 0.717) is 23.6 Å². The average molecular weight is 429 g/mol. The van der Waals surface area contributed by atoms with Crippen LogP contribution in [0.15, 0.2) is 42.5 Å². The van der Waals surface area contributed by atoms with E-state index in [2.05, 4.69) is 5.32 Å². The van der Waals surface area contributed by atoms with Crippen molar-refractivity contribution in [1.29, 1.82) is 0 Å². The number of rotatable bonds is 8.